The van der Waals surface area contributed by atoms with Gasteiger partial charge in [0.25, 0.3) is 0 Å². The molecule has 0 N–H and O–H groups in total. The van der Waals surface area contributed by atoms with E-state index in [1.807, 2.05) is 24.3 Å². The van der Waals surface area contributed by atoms with Gasteiger partial charge in [-0.3, -0.25) is 0 Å². The van der Waals surface area contributed by atoms with Gasteiger partial charge in [-0.25, -0.2) is 17.6 Å². The number of benzene rings is 3. The van der Waals surface area contributed by atoms with Crippen LogP contribution in [0.5, 0.6) is 11.5 Å². The molecule has 0 atom stereocenters. The van der Waals surface area contributed by atoms with Crippen molar-refractivity contribution in [2.45, 2.75) is 64.7 Å². The normalized spacial score (nSPS) is 18.0. The first-order valence-electron chi connectivity index (χ1n) is 12.2. The van der Waals surface area contributed by atoms with Gasteiger partial charge in [0.15, 0.2) is 29.0 Å². The van der Waals surface area contributed by atoms with Crippen LogP contribution in [0.1, 0.15) is 68.9 Å². The zero-order valence-corrected chi connectivity index (χ0v) is 19.9. The molecule has 1 aliphatic carbocycles. The Balaban J connectivity index is 1.56. The van der Waals surface area contributed by atoms with Gasteiger partial charge in [0.1, 0.15) is 5.75 Å². The van der Waals surface area contributed by atoms with Crippen LogP contribution < -0.4 is 4.74 Å². The Morgan fingerprint density at radius 2 is 1.40 bits per heavy atom. The Bertz CT molecular complexity index is 1160. The minimum atomic E-state index is -1.66. The van der Waals surface area contributed by atoms with E-state index in [0.717, 1.165) is 24.8 Å². The molecule has 0 bridgehead atoms. The molecule has 0 amide bonds. The van der Waals surface area contributed by atoms with Crippen molar-refractivity contribution >= 4 is 0 Å². The van der Waals surface area contributed by atoms with Crippen molar-refractivity contribution in [3.8, 4) is 22.6 Å². The molecule has 35 heavy (non-hydrogen) atoms. The molecule has 1 aliphatic rings. The molecule has 0 unspecified atom stereocenters. The van der Waals surface area contributed by atoms with E-state index in [-0.39, 0.29) is 5.56 Å². The average Bonchev–Trinajstić information content (AvgIpc) is 2.86. The van der Waals surface area contributed by atoms with Crippen LogP contribution in [0.4, 0.5) is 22.0 Å². The van der Waals surface area contributed by atoms with Crippen LogP contribution in [0.3, 0.4) is 0 Å². The third-order valence-corrected chi connectivity index (χ3v) is 7.11. The van der Waals surface area contributed by atoms with Crippen LogP contribution in [-0.2, 0) is 0 Å². The topological polar surface area (TPSA) is 9.23 Å². The summed E-state index contributed by atoms with van der Waals surface area (Å²) in [6, 6.07) is 10.1. The highest BCUT2D eigenvalue weighted by atomic mass is 19.2. The monoisotopic (exact) mass is 488 g/mol. The van der Waals surface area contributed by atoms with Crippen molar-refractivity contribution in [2.24, 2.45) is 5.92 Å². The van der Waals surface area contributed by atoms with Gasteiger partial charge in [-0.2, -0.15) is 4.39 Å². The van der Waals surface area contributed by atoms with Crippen LogP contribution in [0, 0.1) is 41.9 Å². The van der Waals surface area contributed by atoms with E-state index in [9.17, 15) is 22.0 Å². The van der Waals surface area contributed by atoms with Crippen LogP contribution >= 0.6 is 0 Å². The molecular weight excluding hydrogens is 459 g/mol. The number of hydrogen-bond donors (Lipinski definition) is 0. The third-order valence-electron chi connectivity index (χ3n) is 7.11. The predicted octanol–water partition coefficient (Wildman–Crippen LogP) is 9.61. The molecule has 1 saturated carbocycles. The van der Waals surface area contributed by atoms with Crippen molar-refractivity contribution < 1.29 is 26.7 Å². The first-order chi connectivity index (χ1) is 16.8. The van der Waals surface area contributed by atoms with Gasteiger partial charge in [0.05, 0.1) is 0 Å². The molecule has 3 aromatic rings. The van der Waals surface area contributed by atoms with E-state index in [4.69, 9.17) is 4.74 Å². The Morgan fingerprint density at radius 3 is 2.00 bits per heavy atom. The summed E-state index contributed by atoms with van der Waals surface area (Å²) in [5, 5.41) is 0. The first-order valence-corrected chi connectivity index (χ1v) is 12.2. The molecule has 0 saturated heterocycles. The van der Waals surface area contributed by atoms with Gasteiger partial charge < -0.3 is 4.74 Å². The second-order valence-corrected chi connectivity index (χ2v) is 9.46. The van der Waals surface area contributed by atoms with Gasteiger partial charge in [-0.05, 0) is 67.2 Å². The quantitative estimate of drug-likeness (QED) is 0.238. The average molecular weight is 489 g/mol. The van der Waals surface area contributed by atoms with Crippen LogP contribution in [-0.4, -0.2) is 0 Å². The predicted molar refractivity (Wildman–Crippen MR) is 127 cm³/mol. The van der Waals surface area contributed by atoms with Gasteiger partial charge >= 0.3 is 0 Å². The van der Waals surface area contributed by atoms with Gasteiger partial charge in [-0.15, -0.1) is 0 Å². The second-order valence-electron chi connectivity index (χ2n) is 9.46. The first kappa shape index (κ1) is 25.2. The SMILES string of the molecule is CCCC[C@H]1CC[C@H](c2ccc(-c3cc(F)c(F)c(Oc4cc(F)c(F)c(F)c4)c3C)cc2)CC1. The standard InChI is InChI=1S/C29H29F5O/c1-3-4-5-18-6-8-19(9-7-18)20-10-12-21(13-11-20)23-16-26(32)28(34)29(17(23)2)35-22-14-24(30)27(33)25(31)15-22/h10-16,18-19H,3-9H2,1-2H3/t18-,19-. The Labute approximate surface area is 202 Å². The fourth-order valence-corrected chi connectivity index (χ4v) is 5.04. The molecule has 186 valence electrons. The molecular formula is C29H29F5O. The maximum absolute atomic E-state index is 14.6. The minimum absolute atomic E-state index is 0.262. The van der Waals surface area contributed by atoms with Gasteiger partial charge in [-0.1, -0.05) is 50.5 Å². The van der Waals surface area contributed by atoms with E-state index < -0.39 is 40.6 Å². The fraction of sp³-hybridized carbons (Fsp3) is 0.379. The highest BCUT2D eigenvalue weighted by Gasteiger charge is 2.23. The van der Waals surface area contributed by atoms with Crippen molar-refractivity contribution in [2.75, 3.05) is 0 Å². The van der Waals surface area contributed by atoms with E-state index in [1.165, 1.54) is 44.6 Å². The van der Waals surface area contributed by atoms with E-state index in [0.29, 0.717) is 29.2 Å². The zero-order valence-electron chi connectivity index (χ0n) is 19.9. The van der Waals surface area contributed by atoms with Crippen molar-refractivity contribution in [1.29, 1.82) is 0 Å². The largest absolute Gasteiger partial charge is 0.454 e. The lowest BCUT2D eigenvalue weighted by Crippen LogP contribution is -2.13. The van der Waals surface area contributed by atoms with Crippen LogP contribution in [0.15, 0.2) is 42.5 Å². The maximum atomic E-state index is 14.6. The lowest BCUT2D eigenvalue weighted by Gasteiger charge is -2.29. The summed E-state index contributed by atoms with van der Waals surface area (Å²) in [6.07, 6.45) is 8.60. The molecule has 0 heterocycles. The summed E-state index contributed by atoms with van der Waals surface area (Å²) in [7, 11) is 0. The highest BCUT2D eigenvalue weighted by molar-refractivity contribution is 5.70. The Morgan fingerprint density at radius 1 is 0.800 bits per heavy atom. The lowest BCUT2D eigenvalue weighted by atomic mass is 9.77. The number of halogens is 5. The van der Waals surface area contributed by atoms with Crippen molar-refractivity contribution in [3.05, 3.63) is 82.7 Å². The summed E-state index contributed by atoms with van der Waals surface area (Å²) in [5.41, 5.74) is 2.56. The summed E-state index contributed by atoms with van der Waals surface area (Å²) >= 11 is 0. The van der Waals surface area contributed by atoms with Crippen molar-refractivity contribution in [3.63, 3.8) is 0 Å². The molecule has 1 nitrogen and oxygen atoms in total. The Hall–Kier alpha value is -2.89. The highest BCUT2D eigenvalue weighted by Crippen LogP contribution is 2.40. The molecule has 0 aromatic heterocycles. The van der Waals surface area contributed by atoms with E-state index >= 15 is 0 Å². The number of rotatable bonds is 7. The summed E-state index contributed by atoms with van der Waals surface area (Å²) < 4.78 is 74.7. The fourth-order valence-electron chi connectivity index (χ4n) is 5.04. The number of ether oxygens (including phenoxy) is 1. The molecule has 4 rings (SSSR count). The summed E-state index contributed by atoms with van der Waals surface area (Å²) in [5.74, 6) is -6.72. The smallest absolute Gasteiger partial charge is 0.201 e. The molecule has 0 spiro atoms. The molecule has 0 aliphatic heterocycles. The molecule has 6 heteroatoms. The molecule has 3 aromatic carbocycles. The maximum Gasteiger partial charge on any atom is 0.201 e. The van der Waals surface area contributed by atoms with E-state index in [1.54, 1.807) is 0 Å². The third kappa shape index (κ3) is 5.52. The van der Waals surface area contributed by atoms with Crippen LogP contribution in [0.25, 0.3) is 11.1 Å². The number of hydrogen-bond acceptors (Lipinski definition) is 1. The Kier molecular flexibility index (Phi) is 7.78. The molecule has 0 radical (unpaired) electrons. The number of unbranched alkanes of at least 4 members (excludes halogenated alkanes) is 1. The minimum Gasteiger partial charge on any atom is -0.454 e. The lowest BCUT2D eigenvalue weighted by molar-refractivity contribution is 0.304. The van der Waals surface area contributed by atoms with Gasteiger partial charge in [0.2, 0.25) is 5.82 Å². The van der Waals surface area contributed by atoms with Crippen molar-refractivity contribution in [1.82, 2.24) is 0 Å². The second kappa shape index (κ2) is 10.8. The van der Waals surface area contributed by atoms with Crippen LogP contribution in [0.2, 0.25) is 0 Å². The van der Waals surface area contributed by atoms with E-state index in [2.05, 4.69) is 6.92 Å². The zero-order chi connectivity index (χ0) is 25.1. The summed E-state index contributed by atoms with van der Waals surface area (Å²) in [6.45, 7) is 3.76. The molecule has 1 fully saturated rings. The van der Waals surface area contributed by atoms with Gasteiger partial charge in [0, 0.05) is 17.7 Å². The summed E-state index contributed by atoms with van der Waals surface area (Å²) in [4.78, 5) is 0.